The van der Waals surface area contributed by atoms with Gasteiger partial charge in [0.25, 0.3) is 0 Å². The number of anilines is 2. The largest absolute Gasteiger partial charge is 0.379 e. The van der Waals surface area contributed by atoms with Gasteiger partial charge in [-0.25, -0.2) is 4.39 Å². The van der Waals surface area contributed by atoms with Gasteiger partial charge in [0, 0.05) is 25.1 Å². The molecule has 2 aromatic carbocycles. The van der Waals surface area contributed by atoms with Gasteiger partial charge in [0.2, 0.25) is 0 Å². The maximum atomic E-state index is 13.3. The van der Waals surface area contributed by atoms with Gasteiger partial charge in [-0.1, -0.05) is 28.1 Å². The normalized spacial score (nSPS) is 10.4. The van der Waals surface area contributed by atoms with E-state index in [1.165, 1.54) is 6.07 Å². The van der Waals surface area contributed by atoms with Gasteiger partial charge in [-0.2, -0.15) is 0 Å². The maximum absolute atomic E-state index is 13.3. The number of nitrogens with zero attached hydrogens (tertiary/aromatic N) is 1. The number of aryl methyl sites for hydroxylation is 1. The van der Waals surface area contributed by atoms with E-state index in [1.807, 2.05) is 38.4 Å². The topological polar surface area (TPSA) is 15.3 Å². The van der Waals surface area contributed by atoms with Crippen LogP contribution < -0.4 is 10.2 Å². The zero-order valence-corrected chi connectivity index (χ0v) is 13.5. The Morgan fingerprint density at radius 1 is 1.15 bits per heavy atom. The van der Waals surface area contributed by atoms with Crippen LogP contribution in [0.4, 0.5) is 15.8 Å². The van der Waals surface area contributed by atoms with Gasteiger partial charge in [0.05, 0.1) is 11.4 Å². The third-order valence-electron chi connectivity index (χ3n) is 3.15. The predicted molar refractivity (Wildman–Crippen MR) is 86.9 cm³/mol. The summed E-state index contributed by atoms with van der Waals surface area (Å²) in [6, 6.07) is 11.3. The van der Waals surface area contributed by atoms with Crippen molar-refractivity contribution in [3.05, 3.63) is 57.8 Å². The molecule has 2 rings (SSSR count). The molecular weight excluding hydrogens is 319 g/mol. The molecule has 0 saturated carbocycles. The monoisotopic (exact) mass is 336 g/mol. The van der Waals surface area contributed by atoms with Crippen molar-refractivity contribution < 1.29 is 4.39 Å². The number of hydrogen-bond donors (Lipinski definition) is 1. The SMILES string of the molecule is Cc1cc(CNc2cc(Br)ccc2N(C)C)ccc1F. The van der Waals surface area contributed by atoms with Crippen molar-refractivity contribution in [1.29, 1.82) is 0 Å². The lowest BCUT2D eigenvalue weighted by Gasteiger charge is -2.19. The summed E-state index contributed by atoms with van der Waals surface area (Å²) in [6.07, 6.45) is 0. The van der Waals surface area contributed by atoms with Crippen molar-refractivity contribution in [3.8, 4) is 0 Å². The lowest BCUT2D eigenvalue weighted by Crippen LogP contribution is -2.12. The first-order valence-corrected chi connectivity index (χ1v) is 7.22. The van der Waals surface area contributed by atoms with Crippen LogP contribution in [0.2, 0.25) is 0 Å². The van der Waals surface area contributed by atoms with Gasteiger partial charge in [-0.3, -0.25) is 0 Å². The zero-order chi connectivity index (χ0) is 14.7. The summed E-state index contributed by atoms with van der Waals surface area (Å²) in [4.78, 5) is 2.06. The van der Waals surface area contributed by atoms with E-state index in [2.05, 4.69) is 32.2 Å². The van der Waals surface area contributed by atoms with Crippen molar-refractivity contribution in [2.75, 3.05) is 24.3 Å². The summed E-state index contributed by atoms with van der Waals surface area (Å²) in [6.45, 7) is 2.45. The molecule has 1 N–H and O–H groups in total. The second kappa shape index (κ2) is 6.27. The minimum Gasteiger partial charge on any atom is -0.379 e. The molecule has 0 radical (unpaired) electrons. The second-order valence-electron chi connectivity index (χ2n) is 4.99. The van der Waals surface area contributed by atoms with Crippen molar-refractivity contribution in [2.24, 2.45) is 0 Å². The van der Waals surface area contributed by atoms with E-state index in [1.54, 1.807) is 6.92 Å². The molecule has 2 nitrogen and oxygen atoms in total. The molecule has 106 valence electrons. The van der Waals surface area contributed by atoms with Crippen molar-refractivity contribution in [1.82, 2.24) is 0 Å². The summed E-state index contributed by atoms with van der Waals surface area (Å²) in [5.41, 5.74) is 3.90. The minimum absolute atomic E-state index is 0.162. The molecule has 20 heavy (non-hydrogen) atoms. The van der Waals surface area contributed by atoms with Crippen molar-refractivity contribution in [2.45, 2.75) is 13.5 Å². The lowest BCUT2D eigenvalue weighted by molar-refractivity contribution is 0.617. The molecule has 0 aliphatic heterocycles. The number of hydrogen-bond acceptors (Lipinski definition) is 2. The van der Waals surface area contributed by atoms with E-state index < -0.39 is 0 Å². The van der Waals surface area contributed by atoms with Crippen LogP contribution in [0.15, 0.2) is 40.9 Å². The van der Waals surface area contributed by atoms with Crippen LogP contribution in [-0.4, -0.2) is 14.1 Å². The molecule has 0 amide bonds. The van der Waals surface area contributed by atoms with E-state index in [0.717, 1.165) is 21.4 Å². The molecule has 0 unspecified atom stereocenters. The Hall–Kier alpha value is -1.55. The van der Waals surface area contributed by atoms with E-state index >= 15 is 0 Å². The van der Waals surface area contributed by atoms with Crippen LogP contribution in [0.25, 0.3) is 0 Å². The van der Waals surface area contributed by atoms with Crippen LogP contribution in [0.1, 0.15) is 11.1 Å². The quantitative estimate of drug-likeness (QED) is 0.879. The maximum Gasteiger partial charge on any atom is 0.126 e. The van der Waals surface area contributed by atoms with Gasteiger partial charge in [-0.05, 0) is 42.3 Å². The molecule has 4 heteroatoms. The van der Waals surface area contributed by atoms with Crippen LogP contribution in [-0.2, 0) is 6.54 Å². The van der Waals surface area contributed by atoms with Crippen LogP contribution in [0, 0.1) is 12.7 Å². The molecule has 0 heterocycles. The summed E-state index contributed by atoms with van der Waals surface area (Å²) < 4.78 is 14.3. The summed E-state index contributed by atoms with van der Waals surface area (Å²) in [7, 11) is 4.02. The van der Waals surface area contributed by atoms with Crippen LogP contribution in [0.3, 0.4) is 0 Å². The molecule has 0 aliphatic carbocycles. The van der Waals surface area contributed by atoms with Gasteiger partial charge in [0.1, 0.15) is 5.82 Å². The third kappa shape index (κ3) is 3.51. The lowest BCUT2D eigenvalue weighted by atomic mass is 10.1. The molecule has 0 fully saturated rings. The van der Waals surface area contributed by atoms with Crippen molar-refractivity contribution >= 4 is 27.3 Å². The van der Waals surface area contributed by atoms with Gasteiger partial charge in [0.15, 0.2) is 0 Å². The molecule has 0 spiro atoms. The van der Waals surface area contributed by atoms with Gasteiger partial charge >= 0.3 is 0 Å². The fraction of sp³-hybridized carbons (Fsp3) is 0.250. The molecule has 0 atom stereocenters. The molecule has 0 bridgehead atoms. The van der Waals surface area contributed by atoms with E-state index in [4.69, 9.17) is 0 Å². The Balaban J connectivity index is 2.17. The molecule has 0 aliphatic rings. The third-order valence-corrected chi connectivity index (χ3v) is 3.64. The fourth-order valence-corrected chi connectivity index (χ4v) is 2.41. The Labute approximate surface area is 127 Å². The highest BCUT2D eigenvalue weighted by Gasteiger charge is 2.06. The first kappa shape index (κ1) is 14.9. The number of benzene rings is 2. The summed E-state index contributed by atoms with van der Waals surface area (Å²) >= 11 is 3.48. The average Bonchev–Trinajstić information content (AvgIpc) is 2.40. The summed E-state index contributed by atoms with van der Waals surface area (Å²) in [5, 5.41) is 3.40. The summed E-state index contributed by atoms with van der Waals surface area (Å²) in [5.74, 6) is -0.162. The van der Waals surface area contributed by atoms with Crippen LogP contribution >= 0.6 is 15.9 Å². The smallest absolute Gasteiger partial charge is 0.126 e. The molecule has 0 saturated heterocycles. The first-order chi connectivity index (χ1) is 9.47. The number of rotatable bonds is 4. The highest BCUT2D eigenvalue weighted by atomic mass is 79.9. The molecule has 2 aromatic rings. The highest BCUT2D eigenvalue weighted by molar-refractivity contribution is 9.10. The fourth-order valence-electron chi connectivity index (χ4n) is 2.05. The van der Waals surface area contributed by atoms with Crippen molar-refractivity contribution in [3.63, 3.8) is 0 Å². The van der Waals surface area contributed by atoms with E-state index in [0.29, 0.717) is 12.1 Å². The minimum atomic E-state index is -0.162. The first-order valence-electron chi connectivity index (χ1n) is 6.43. The predicted octanol–water partition coefficient (Wildman–Crippen LogP) is 4.57. The Morgan fingerprint density at radius 3 is 2.55 bits per heavy atom. The van der Waals surface area contributed by atoms with E-state index in [9.17, 15) is 4.39 Å². The molecule has 0 aromatic heterocycles. The Bertz CT molecular complexity index is 611. The second-order valence-corrected chi connectivity index (χ2v) is 5.91. The van der Waals surface area contributed by atoms with Gasteiger partial charge < -0.3 is 10.2 Å². The van der Waals surface area contributed by atoms with E-state index in [-0.39, 0.29) is 5.82 Å². The highest BCUT2D eigenvalue weighted by Crippen LogP contribution is 2.28. The molecular formula is C16H18BrFN2. The standard InChI is InChI=1S/C16H18BrFN2/c1-11-8-12(4-6-14(11)18)10-19-15-9-13(17)5-7-16(15)20(2)3/h4-9,19H,10H2,1-3H3. The zero-order valence-electron chi connectivity index (χ0n) is 11.9. The van der Waals surface area contributed by atoms with Gasteiger partial charge in [-0.15, -0.1) is 0 Å². The Kier molecular flexibility index (Phi) is 4.65. The average molecular weight is 337 g/mol. The Morgan fingerprint density at radius 2 is 1.90 bits per heavy atom. The number of halogens is 2. The number of nitrogens with one attached hydrogen (secondary N) is 1. The van der Waals surface area contributed by atoms with Crippen LogP contribution in [0.5, 0.6) is 0 Å².